The maximum Gasteiger partial charge on any atom is 0.266 e. The molecule has 1 amide bonds. The minimum Gasteiger partial charge on any atom is -0.479 e. The van der Waals surface area contributed by atoms with Gasteiger partial charge in [0.15, 0.2) is 10.4 Å². The quantitative estimate of drug-likeness (QED) is 0.358. The molecule has 0 saturated heterocycles. The summed E-state index contributed by atoms with van der Waals surface area (Å²) in [6, 6.07) is 13.2. The van der Waals surface area contributed by atoms with Gasteiger partial charge in [0.25, 0.3) is 5.91 Å². The molecule has 146 valence electrons. The number of aromatic nitrogens is 2. The smallest absolute Gasteiger partial charge is 0.266 e. The second kappa shape index (κ2) is 9.60. The Morgan fingerprint density at radius 2 is 1.96 bits per heavy atom. The summed E-state index contributed by atoms with van der Waals surface area (Å²) in [4.78, 5) is 12.3. The third kappa shape index (κ3) is 5.85. The maximum atomic E-state index is 12.3. The number of hydrogen-bond donors (Lipinski definition) is 1. The van der Waals surface area contributed by atoms with Crippen LogP contribution in [0.3, 0.4) is 0 Å². The van der Waals surface area contributed by atoms with Crippen LogP contribution in [0.1, 0.15) is 18.1 Å². The van der Waals surface area contributed by atoms with Crippen molar-refractivity contribution in [3.63, 3.8) is 0 Å². The summed E-state index contributed by atoms with van der Waals surface area (Å²) in [6.45, 7) is 3.69. The molecule has 1 heterocycles. The number of amides is 1. The Morgan fingerprint density at radius 1 is 1.21 bits per heavy atom. The molecule has 1 unspecified atom stereocenters. The van der Waals surface area contributed by atoms with Gasteiger partial charge in [-0.15, -0.1) is 10.2 Å². The Bertz CT molecular complexity index is 964. The zero-order valence-electron chi connectivity index (χ0n) is 15.1. The van der Waals surface area contributed by atoms with Crippen molar-refractivity contribution in [1.29, 1.82) is 0 Å². The molecule has 0 aliphatic carbocycles. The number of halogens is 2. The fraction of sp³-hybridized carbons (Fsp3) is 0.211. The van der Waals surface area contributed by atoms with E-state index >= 15 is 0 Å². The van der Waals surface area contributed by atoms with E-state index in [4.69, 9.17) is 27.9 Å². The maximum absolute atomic E-state index is 12.3. The fourth-order valence-electron chi connectivity index (χ4n) is 2.17. The highest BCUT2D eigenvalue weighted by Gasteiger charge is 2.18. The predicted molar refractivity (Wildman–Crippen MR) is 116 cm³/mol. The van der Waals surface area contributed by atoms with Crippen LogP contribution in [-0.4, -0.2) is 22.2 Å². The second-order valence-electron chi connectivity index (χ2n) is 5.97. The number of carbonyl (C=O) groups is 1. The lowest BCUT2D eigenvalue weighted by molar-refractivity contribution is -0.122. The molecule has 1 atom stereocenters. The number of aryl methyl sites for hydroxylation is 1. The normalized spacial score (nSPS) is 11.9. The Morgan fingerprint density at radius 3 is 2.68 bits per heavy atom. The molecular weight excluding hydrogens is 437 g/mol. The van der Waals surface area contributed by atoms with Crippen molar-refractivity contribution in [3.05, 3.63) is 63.6 Å². The van der Waals surface area contributed by atoms with Gasteiger partial charge in [0.2, 0.25) is 5.13 Å². The third-order valence-corrected chi connectivity index (χ3v) is 6.26. The highest BCUT2D eigenvalue weighted by molar-refractivity contribution is 8.00. The van der Waals surface area contributed by atoms with Gasteiger partial charge in [-0.3, -0.25) is 10.1 Å². The van der Waals surface area contributed by atoms with E-state index in [9.17, 15) is 4.79 Å². The third-order valence-electron chi connectivity index (χ3n) is 3.69. The number of carbonyl (C=O) groups excluding carboxylic acids is 1. The average Bonchev–Trinajstić information content (AvgIpc) is 3.11. The largest absolute Gasteiger partial charge is 0.479 e. The first-order chi connectivity index (χ1) is 13.4. The van der Waals surface area contributed by atoms with E-state index in [1.165, 1.54) is 22.5 Å². The standard InChI is InChI=1S/C19H17Cl2N3O2S2/c1-11-3-5-13(6-4-11)10-27-19-24-23-18(28-19)22-17(25)12(2)26-16-8-7-14(20)9-15(16)21/h3-9,12H,10H2,1-2H3,(H,22,23,25). The molecule has 0 saturated carbocycles. The summed E-state index contributed by atoms with van der Waals surface area (Å²) < 4.78 is 6.39. The van der Waals surface area contributed by atoms with Crippen molar-refractivity contribution in [1.82, 2.24) is 10.2 Å². The zero-order valence-corrected chi connectivity index (χ0v) is 18.3. The lowest BCUT2D eigenvalue weighted by Gasteiger charge is -2.14. The van der Waals surface area contributed by atoms with Crippen molar-refractivity contribution in [2.45, 2.75) is 30.0 Å². The number of thioether (sulfide) groups is 1. The van der Waals surface area contributed by atoms with Crippen LogP contribution < -0.4 is 10.1 Å². The number of hydrogen-bond acceptors (Lipinski definition) is 6. The van der Waals surface area contributed by atoms with Gasteiger partial charge < -0.3 is 4.74 Å². The highest BCUT2D eigenvalue weighted by Crippen LogP contribution is 2.30. The van der Waals surface area contributed by atoms with Gasteiger partial charge in [0.1, 0.15) is 5.75 Å². The molecule has 0 radical (unpaired) electrons. The molecule has 3 aromatic rings. The van der Waals surface area contributed by atoms with Gasteiger partial charge in [-0.05, 0) is 37.6 Å². The summed E-state index contributed by atoms with van der Waals surface area (Å²) >= 11 is 14.8. The van der Waals surface area contributed by atoms with Gasteiger partial charge in [0.05, 0.1) is 5.02 Å². The van der Waals surface area contributed by atoms with Crippen molar-refractivity contribution in [3.8, 4) is 5.75 Å². The van der Waals surface area contributed by atoms with Gasteiger partial charge in [0, 0.05) is 10.8 Å². The first-order valence-corrected chi connectivity index (χ1v) is 10.9. The Kier molecular flexibility index (Phi) is 7.18. The number of benzene rings is 2. The predicted octanol–water partition coefficient (Wildman–Crippen LogP) is 5.85. The van der Waals surface area contributed by atoms with Crippen LogP contribution in [0.5, 0.6) is 5.75 Å². The molecule has 1 N–H and O–H groups in total. The highest BCUT2D eigenvalue weighted by atomic mass is 35.5. The minimum atomic E-state index is -0.758. The Balaban J connectivity index is 1.53. The van der Waals surface area contributed by atoms with E-state index < -0.39 is 6.10 Å². The fourth-order valence-corrected chi connectivity index (χ4v) is 4.33. The van der Waals surface area contributed by atoms with E-state index in [1.807, 2.05) is 0 Å². The molecular formula is C19H17Cl2N3O2S2. The molecule has 1 aromatic heterocycles. The van der Waals surface area contributed by atoms with Gasteiger partial charge in [-0.2, -0.15) is 0 Å². The van der Waals surface area contributed by atoms with E-state index in [0.29, 0.717) is 20.9 Å². The van der Waals surface area contributed by atoms with E-state index in [0.717, 1.165) is 10.1 Å². The second-order valence-corrected chi connectivity index (χ2v) is 9.02. The Labute approximate surface area is 181 Å². The molecule has 5 nitrogen and oxygen atoms in total. The molecule has 0 aliphatic rings. The molecule has 0 aliphatic heterocycles. The van der Waals surface area contributed by atoms with Crippen molar-refractivity contribution >= 4 is 57.3 Å². The molecule has 28 heavy (non-hydrogen) atoms. The molecule has 3 rings (SSSR count). The summed E-state index contributed by atoms with van der Waals surface area (Å²) in [7, 11) is 0. The van der Waals surface area contributed by atoms with Crippen LogP contribution in [0.25, 0.3) is 0 Å². The summed E-state index contributed by atoms with van der Waals surface area (Å²) in [5, 5.41) is 12.1. The summed E-state index contributed by atoms with van der Waals surface area (Å²) in [5.41, 5.74) is 2.43. The first-order valence-electron chi connectivity index (χ1n) is 8.35. The van der Waals surface area contributed by atoms with Crippen LogP contribution in [0.4, 0.5) is 5.13 Å². The van der Waals surface area contributed by atoms with Gasteiger partial charge in [-0.1, -0.05) is 76.1 Å². The van der Waals surface area contributed by atoms with Crippen LogP contribution >= 0.6 is 46.3 Å². The van der Waals surface area contributed by atoms with Gasteiger partial charge in [-0.25, -0.2) is 0 Å². The summed E-state index contributed by atoms with van der Waals surface area (Å²) in [5.74, 6) is 0.842. The van der Waals surface area contributed by atoms with Gasteiger partial charge >= 0.3 is 0 Å². The van der Waals surface area contributed by atoms with Crippen molar-refractivity contribution < 1.29 is 9.53 Å². The lowest BCUT2D eigenvalue weighted by Crippen LogP contribution is -2.30. The first kappa shape index (κ1) is 20.9. The van der Waals surface area contributed by atoms with Crippen molar-refractivity contribution in [2.24, 2.45) is 0 Å². The number of rotatable bonds is 7. The minimum absolute atomic E-state index is 0.336. The van der Waals surface area contributed by atoms with Crippen LogP contribution in [0, 0.1) is 6.92 Å². The Hall–Kier alpha value is -1.80. The molecule has 0 fully saturated rings. The van der Waals surface area contributed by atoms with E-state index in [1.54, 1.807) is 36.9 Å². The molecule has 0 spiro atoms. The number of anilines is 1. The van der Waals surface area contributed by atoms with E-state index in [2.05, 4.69) is 46.7 Å². The monoisotopic (exact) mass is 453 g/mol. The molecule has 0 bridgehead atoms. The number of ether oxygens (including phenoxy) is 1. The average molecular weight is 454 g/mol. The SMILES string of the molecule is Cc1ccc(CSc2nnc(NC(=O)C(C)Oc3ccc(Cl)cc3Cl)s2)cc1. The van der Waals surface area contributed by atoms with E-state index in [-0.39, 0.29) is 5.91 Å². The van der Waals surface area contributed by atoms with Crippen LogP contribution in [0.2, 0.25) is 10.0 Å². The van der Waals surface area contributed by atoms with Crippen LogP contribution in [0.15, 0.2) is 46.8 Å². The van der Waals surface area contributed by atoms with Crippen molar-refractivity contribution in [2.75, 3.05) is 5.32 Å². The van der Waals surface area contributed by atoms with Crippen LogP contribution in [-0.2, 0) is 10.5 Å². The number of nitrogens with zero attached hydrogens (tertiary/aromatic N) is 2. The lowest BCUT2D eigenvalue weighted by atomic mass is 10.2. The number of nitrogens with one attached hydrogen (secondary N) is 1. The zero-order chi connectivity index (χ0) is 20.1. The molecule has 2 aromatic carbocycles. The topological polar surface area (TPSA) is 64.1 Å². The molecule has 9 heteroatoms. The summed E-state index contributed by atoms with van der Waals surface area (Å²) in [6.07, 6.45) is -0.758.